The van der Waals surface area contributed by atoms with E-state index in [4.69, 9.17) is 10.1 Å². The standard InChI is InChI=1S/C26H25N5O6S/c1-26(2,34)25(27)31-38(35,36)17-8-6-7-15(13-17)22(32)21(23(33)16-11-12-28-20(14-16)37-3)24-29-18-9-4-5-10-19(18)30-24/h4-14,29-30,34H,1-3H3,(H2,27,31). The van der Waals surface area contributed by atoms with Gasteiger partial charge in [0.05, 0.1) is 23.4 Å². The maximum atomic E-state index is 13.8. The van der Waals surface area contributed by atoms with E-state index in [1.54, 1.807) is 24.3 Å². The summed E-state index contributed by atoms with van der Waals surface area (Å²) >= 11 is 0. The fraction of sp³-hybridized carbons (Fsp3) is 0.154. The SMILES string of the molecule is COc1cc(C(=O)C(C(=O)c2cccc(S(=O)(=O)NC(=N)C(C)(C)O)c2)=C2Nc3ccccc3N2)ccn1. The van der Waals surface area contributed by atoms with Gasteiger partial charge < -0.3 is 20.5 Å². The fourth-order valence-corrected chi connectivity index (χ4v) is 4.71. The molecule has 5 N–H and O–H groups in total. The number of ketones is 2. The molecule has 0 saturated heterocycles. The molecule has 4 rings (SSSR count). The number of pyridine rings is 1. The molecule has 0 atom stereocenters. The number of hydrogen-bond donors (Lipinski definition) is 5. The van der Waals surface area contributed by atoms with Gasteiger partial charge in [-0.2, -0.15) is 0 Å². The van der Waals surface area contributed by atoms with Gasteiger partial charge in [0, 0.05) is 23.4 Å². The number of aliphatic hydroxyl groups is 1. The van der Waals surface area contributed by atoms with Gasteiger partial charge >= 0.3 is 0 Å². The van der Waals surface area contributed by atoms with Crippen LogP contribution in [-0.2, 0) is 10.0 Å². The molecule has 3 aromatic rings. The zero-order chi connectivity index (χ0) is 27.7. The third kappa shape index (κ3) is 5.41. The quantitative estimate of drug-likeness (QED) is 0.0726. The Morgan fingerprint density at radius 3 is 2.16 bits per heavy atom. The summed E-state index contributed by atoms with van der Waals surface area (Å²) in [4.78, 5) is 31.2. The smallest absolute Gasteiger partial charge is 0.262 e. The first-order valence-corrected chi connectivity index (χ1v) is 12.8. The number of rotatable bonds is 8. The summed E-state index contributed by atoms with van der Waals surface area (Å²) < 4.78 is 32.8. The van der Waals surface area contributed by atoms with Gasteiger partial charge in [0.25, 0.3) is 10.0 Å². The van der Waals surface area contributed by atoms with Gasteiger partial charge in [0.2, 0.25) is 17.4 Å². The summed E-state index contributed by atoms with van der Waals surface area (Å²) in [7, 11) is -2.91. The molecule has 0 bridgehead atoms. The summed E-state index contributed by atoms with van der Waals surface area (Å²) in [5.41, 5.74) is -0.640. The van der Waals surface area contributed by atoms with Gasteiger partial charge in [-0.25, -0.2) is 13.4 Å². The molecule has 2 heterocycles. The Kier molecular flexibility index (Phi) is 7.03. The predicted octanol–water partition coefficient (Wildman–Crippen LogP) is 2.93. The minimum Gasteiger partial charge on any atom is -0.481 e. The number of carbonyl (C=O) groups excluding carboxylic acids is 2. The highest BCUT2D eigenvalue weighted by Crippen LogP contribution is 2.33. The van der Waals surface area contributed by atoms with Crippen molar-refractivity contribution in [2.24, 2.45) is 0 Å². The number of anilines is 2. The first-order valence-electron chi connectivity index (χ1n) is 11.3. The lowest BCUT2D eigenvalue weighted by Crippen LogP contribution is -2.44. The van der Waals surface area contributed by atoms with E-state index < -0.39 is 33.0 Å². The van der Waals surface area contributed by atoms with Gasteiger partial charge in [0.1, 0.15) is 22.8 Å². The van der Waals surface area contributed by atoms with E-state index in [1.165, 1.54) is 57.5 Å². The monoisotopic (exact) mass is 535 g/mol. The van der Waals surface area contributed by atoms with Gasteiger partial charge in [-0.3, -0.25) is 19.7 Å². The number of ether oxygens (including phenoxy) is 1. The lowest BCUT2D eigenvalue weighted by molar-refractivity contribution is 0.0960. The van der Waals surface area contributed by atoms with Crippen LogP contribution in [-0.4, -0.2) is 48.6 Å². The van der Waals surface area contributed by atoms with E-state index >= 15 is 0 Å². The van der Waals surface area contributed by atoms with Gasteiger partial charge in [-0.1, -0.05) is 24.3 Å². The second-order valence-corrected chi connectivity index (χ2v) is 10.5. The van der Waals surface area contributed by atoms with Crippen molar-refractivity contribution in [2.75, 3.05) is 17.7 Å². The third-order valence-electron chi connectivity index (χ3n) is 5.61. The summed E-state index contributed by atoms with van der Waals surface area (Å²) in [5.74, 6) is -1.73. The molecule has 0 fully saturated rings. The molecule has 1 aliphatic rings. The molecule has 1 aromatic heterocycles. The van der Waals surface area contributed by atoms with Crippen LogP contribution in [0.1, 0.15) is 34.6 Å². The Hall–Kier alpha value is -4.55. The van der Waals surface area contributed by atoms with Crippen LogP contribution in [0.25, 0.3) is 0 Å². The molecule has 1 aliphatic heterocycles. The van der Waals surface area contributed by atoms with Crippen LogP contribution in [0, 0.1) is 5.41 Å². The molecule has 196 valence electrons. The number of benzene rings is 2. The molecule has 0 saturated carbocycles. The van der Waals surface area contributed by atoms with Crippen LogP contribution in [0.2, 0.25) is 0 Å². The van der Waals surface area contributed by atoms with E-state index in [9.17, 15) is 23.1 Å². The van der Waals surface area contributed by atoms with Crippen molar-refractivity contribution in [1.29, 1.82) is 5.41 Å². The van der Waals surface area contributed by atoms with Gasteiger partial charge in [0.15, 0.2) is 0 Å². The average Bonchev–Trinajstić information content (AvgIpc) is 3.31. The molecule has 11 nitrogen and oxygen atoms in total. The number of allylic oxidation sites excluding steroid dienone is 1. The Bertz CT molecular complexity index is 1560. The Morgan fingerprint density at radius 1 is 0.974 bits per heavy atom. The number of nitrogens with zero attached hydrogens (tertiary/aromatic N) is 1. The summed E-state index contributed by atoms with van der Waals surface area (Å²) in [6.45, 7) is 2.52. The number of sulfonamides is 1. The van der Waals surface area contributed by atoms with Crippen molar-refractivity contribution < 1.29 is 27.9 Å². The normalized spacial score (nSPS) is 12.6. The number of Topliss-reactive ketones (excluding diaryl/α,β-unsaturated/α-hetero) is 2. The number of para-hydroxylation sites is 2. The summed E-state index contributed by atoms with van der Waals surface area (Å²) in [6.07, 6.45) is 1.37. The van der Waals surface area contributed by atoms with Gasteiger partial charge in [-0.05, 0) is 44.2 Å². The molecule has 12 heteroatoms. The number of amidine groups is 1. The maximum absolute atomic E-state index is 13.8. The van der Waals surface area contributed by atoms with Crippen LogP contribution in [0.4, 0.5) is 11.4 Å². The highest BCUT2D eigenvalue weighted by atomic mass is 32.2. The molecule has 0 spiro atoms. The first-order chi connectivity index (χ1) is 17.9. The fourth-order valence-electron chi connectivity index (χ4n) is 3.53. The lowest BCUT2D eigenvalue weighted by Gasteiger charge is -2.20. The largest absolute Gasteiger partial charge is 0.481 e. The van der Waals surface area contributed by atoms with Crippen molar-refractivity contribution in [2.45, 2.75) is 24.3 Å². The topological polar surface area (TPSA) is 171 Å². The minimum atomic E-state index is -4.31. The van der Waals surface area contributed by atoms with Gasteiger partial charge in [-0.15, -0.1) is 0 Å². The van der Waals surface area contributed by atoms with E-state index in [2.05, 4.69) is 15.6 Å². The number of methoxy groups -OCH3 is 1. The number of fused-ring (bicyclic) bond motifs is 1. The second kappa shape index (κ2) is 10.1. The lowest BCUT2D eigenvalue weighted by atomic mass is 9.96. The Balaban J connectivity index is 1.78. The molecular formula is C26H25N5O6S. The number of carbonyl (C=O) groups is 2. The third-order valence-corrected chi connectivity index (χ3v) is 6.96. The Morgan fingerprint density at radius 2 is 1.58 bits per heavy atom. The maximum Gasteiger partial charge on any atom is 0.262 e. The molecule has 38 heavy (non-hydrogen) atoms. The highest BCUT2D eigenvalue weighted by Gasteiger charge is 2.31. The number of nitrogens with one attached hydrogen (secondary N) is 4. The van der Waals surface area contributed by atoms with Crippen molar-refractivity contribution in [1.82, 2.24) is 9.71 Å². The van der Waals surface area contributed by atoms with Crippen molar-refractivity contribution in [3.8, 4) is 5.88 Å². The zero-order valence-corrected chi connectivity index (χ0v) is 21.5. The molecular weight excluding hydrogens is 510 g/mol. The predicted molar refractivity (Wildman–Crippen MR) is 141 cm³/mol. The van der Waals surface area contributed by atoms with E-state index in [-0.39, 0.29) is 33.3 Å². The zero-order valence-electron chi connectivity index (χ0n) is 20.7. The van der Waals surface area contributed by atoms with Crippen LogP contribution < -0.4 is 20.1 Å². The van der Waals surface area contributed by atoms with Crippen molar-refractivity contribution in [3.63, 3.8) is 0 Å². The van der Waals surface area contributed by atoms with Crippen LogP contribution in [0.3, 0.4) is 0 Å². The molecule has 2 aromatic carbocycles. The highest BCUT2D eigenvalue weighted by molar-refractivity contribution is 7.90. The molecule has 0 aliphatic carbocycles. The minimum absolute atomic E-state index is 0.0842. The summed E-state index contributed by atoms with van der Waals surface area (Å²) in [6, 6.07) is 15.0. The summed E-state index contributed by atoms with van der Waals surface area (Å²) in [5, 5.41) is 23.9. The second-order valence-electron chi connectivity index (χ2n) is 8.86. The molecule has 0 radical (unpaired) electrons. The number of aromatic nitrogens is 1. The van der Waals surface area contributed by atoms with Crippen molar-refractivity contribution in [3.05, 3.63) is 89.4 Å². The van der Waals surface area contributed by atoms with Crippen LogP contribution in [0.15, 0.2) is 83.2 Å². The van der Waals surface area contributed by atoms with Crippen molar-refractivity contribution >= 4 is 38.8 Å². The molecule has 0 unspecified atom stereocenters. The molecule has 0 amide bonds. The van der Waals surface area contributed by atoms with E-state index in [1.807, 2.05) is 4.72 Å². The number of hydrogen-bond acceptors (Lipinski definition) is 10. The van der Waals surface area contributed by atoms with E-state index in [0.29, 0.717) is 11.4 Å². The first kappa shape index (κ1) is 26.5. The Labute approximate surface area is 219 Å². The van der Waals surface area contributed by atoms with Crippen LogP contribution in [0.5, 0.6) is 5.88 Å². The average molecular weight is 536 g/mol. The van der Waals surface area contributed by atoms with E-state index in [0.717, 1.165) is 6.07 Å². The van der Waals surface area contributed by atoms with Crippen LogP contribution >= 0.6 is 0 Å².